The summed E-state index contributed by atoms with van der Waals surface area (Å²) in [5, 5.41) is 8.35. The van der Waals surface area contributed by atoms with Crippen LogP contribution in [-0.4, -0.2) is 47.8 Å². The fourth-order valence-electron chi connectivity index (χ4n) is 4.07. The van der Waals surface area contributed by atoms with Crippen molar-refractivity contribution in [1.29, 1.82) is 5.41 Å². The molecule has 0 aliphatic heterocycles. The Morgan fingerprint density at radius 1 is 0.974 bits per heavy atom. The number of fused-ring (bicyclic) bond motifs is 1. The van der Waals surface area contributed by atoms with Crippen molar-refractivity contribution in [2.75, 3.05) is 20.3 Å². The predicted octanol–water partition coefficient (Wildman–Crippen LogP) is 5.19. The van der Waals surface area contributed by atoms with Gasteiger partial charge in [0.15, 0.2) is 5.84 Å². The average Bonchev–Trinajstić information content (AvgIpc) is 3.32. The lowest BCUT2D eigenvalue weighted by molar-refractivity contribution is 0.0392. The third-order valence-corrected chi connectivity index (χ3v) is 5.79. The molecule has 4 rings (SSSR count). The lowest BCUT2D eigenvalue weighted by Gasteiger charge is -2.14. The van der Waals surface area contributed by atoms with Crippen LogP contribution in [0.5, 0.6) is 6.01 Å². The summed E-state index contributed by atoms with van der Waals surface area (Å²) in [6, 6.07) is 18.7. The van der Waals surface area contributed by atoms with E-state index in [1.165, 1.54) is 7.11 Å². The molecule has 1 aromatic heterocycles. The highest BCUT2D eigenvalue weighted by Crippen LogP contribution is 2.33. The van der Waals surface area contributed by atoms with Gasteiger partial charge >= 0.3 is 18.1 Å². The number of carbonyl (C=O) groups is 2. The van der Waals surface area contributed by atoms with Crippen molar-refractivity contribution in [3.05, 3.63) is 77.4 Å². The molecule has 0 atom stereocenters. The van der Waals surface area contributed by atoms with E-state index in [0.717, 1.165) is 22.4 Å². The third kappa shape index (κ3) is 5.15. The number of ether oxygens (including phenoxy) is 3. The number of amidine groups is 1. The molecule has 1 heterocycles. The summed E-state index contributed by atoms with van der Waals surface area (Å²) in [4.78, 5) is 33.6. The number of aryl methyl sites for hydroxylation is 1. The summed E-state index contributed by atoms with van der Waals surface area (Å²) in [6.45, 7) is 6.00. The van der Waals surface area contributed by atoms with E-state index < -0.39 is 12.1 Å². The first kappa shape index (κ1) is 26.2. The fraction of sp³-hybridized carbons (Fsp3) is 0.214. The van der Waals surface area contributed by atoms with Gasteiger partial charge in [-0.05, 0) is 55.7 Å². The molecule has 0 bridgehead atoms. The van der Waals surface area contributed by atoms with Crippen LogP contribution in [0.2, 0.25) is 0 Å². The Balaban J connectivity index is 1.75. The van der Waals surface area contributed by atoms with Crippen LogP contribution < -0.4 is 10.2 Å². The molecule has 38 heavy (non-hydrogen) atoms. The van der Waals surface area contributed by atoms with Gasteiger partial charge in [-0.15, -0.1) is 0 Å². The molecule has 10 nitrogen and oxygen atoms in total. The number of hydrogen-bond acceptors (Lipinski definition) is 8. The third-order valence-electron chi connectivity index (χ3n) is 5.79. The maximum absolute atomic E-state index is 12.6. The summed E-state index contributed by atoms with van der Waals surface area (Å²) in [5.74, 6) is -0.573. The SMILES string of the molecule is CCOC(=O)ONC(=N)c1ccccc1-c1ccc(-n2c(OCC)nc3c(C)ccc(C(=O)OC)c32)cc1. The van der Waals surface area contributed by atoms with Gasteiger partial charge in [-0.25, -0.2) is 9.59 Å². The average molecular weight is 517 g/mol. The number of esters is 1. The number of imidazole rings is 1. The molecule has 0 aliphatic rings. The molecular formula is C28H28N4O6. The topological polar surface area (TPSA) is 125 Å². The summed E-state index contributed by atoms with van der Waals surface area (Å²) in [5.41, 5.74) is 7.66. The number of benzene rings is 3. The van der Waals surface area contributed by atoms with Crippen molar-refractivity contribution in [3.8, 4) is 22.8 Å². The summed E-state index contributed by atoms with van der Waals surface area (Å²) in [7, 11) is 1.34. The van der Waals surface area contributed by atoms with Crippen LogP contribution in [0.15, 0.2) is 60.7 Å². The first-order valence-corrected chi connectivity index (χ1v) is 12.0. The minimum atomic E-state index is -0.918. The Morgan fingerprint density at radius 2 is 1.71 bits per heavy atom. The Morgan fingerprint density at radius 3 is 2.39 bits per heavy atom. The van der Waals surface area contributed by atoms with Gasteiger partial charge in [-0.3, -0.25) is 9.98 Å². The highest BCUT2D eigenvalue weighted by atomic mass is 16.8. The maximum atomic E-state index is 12.6. The molecule has 196 valence electrons. The molecule has 0 unspecified atom stereocenters. The zero-order valence-electron chi connectivity index (χ0n) is 21.5. The van der Waals surface area contributed by atoms with Gasteiger partial charge in [0.25, 0.3) is 0 Å². The quantitative estimate of drug-likeness (QED) is 0.149. The van der Waals surface area contributed by atoms with Crippen LogP contribution in [0, 0.1) is 12.3 Å². The molecule has 3 aromatic carbocycles. The van der Waals surface area contributed by atoms with E-state index >= 15 is 0 Å². The second kappa shape index (κ2) is 11.5. The van der Waals surface area contributed by atoms with E-state index in [1.54, 1.807) is 29.7 Å². The van der Waals surface area contributed by atoms with Crippen molar-refractivity contribution in [1.82, 2.24) is 15.0 Å². The number of methoxy groups -OCH3 is 1. The predicted molar refractivity (Wildman–Crippen MR) is 142 cm³/mol. The highest BCUT2D eigenvalue weighted by Gasteiger charge is 2.22. The number of nitrogens with zero attached hydrogens (tertiary/aromatic N) is 2. The van der Waals surface area contributed by atoms with Crippen molar-refractivity contribution in [2.45, 2.75) is 20.8 Å². The molecule has 4 aromatic rings. The molecular weight excluding hydrogens is 488 g/mol. The largest absolute Gasteiger partial charge is 0.533 e. The standard InChI is InChI=1S/C28H28N4O6/c1-5-36-27-30-23-17(3)11-16-22(26(33)35-4)24(23)32(27)19-14-12-18(13-15-19)20-9-7-8-10-21(20)25(29)31-38-28(34)37-6-2/h7-16H,5-6H2,1-4H3,(H2,29,31). The molecule has 0 fully saturated rings. The normalized spacial score (nSPS) is 10.6. The summed E-state index contributed by atoms with van der Waals surface area (Å²) in [6.07, 6.45) is -0.918. The molecule has 2 N–H and O–H groups in total. The summed E-state index contributed by atoms with van der Waals surface area (Å²) < 4.78 is 17.4. The molecule has 0 aliphatic carbocycles. The Bertz CT molecular complexity index is 1490. The fourth-order valence-corrected chi connectivity index (χ4v) is 4.07. The van der Waals surface area contributed by atoms with Crippen molar-refractivity contribution >= 4 is 29.0 Å². The molecule has 0 saturated heterocycles. The van der Waals surface area contributed by atoms with Gasteiger partial charge in [-0.2, -0.15) is 10.5 Å². The zero-order chi connectivity index (χ0) is 27.2. The minimum absolute atomic E-state index is 0.102. The lowest BCUT2D eigenvalue weighted by atomic mass is 9.99. The Hall–Kier alpha value is -4.86. The van der Waals surface area contributed by atoms with Gasteiger partial charge in [-0.1, -0.05) is 42.5 Å². The number of aromatic nitrogens is 2. The Labute approximate surface area is 219 Å². The highest BCUT2D eigenvalue weighted by molar-refractivity contribution is 6.04. The van der Waals surface area contributed by atoms with E-state index in [4.69, 9.17) is 24.5 Å². The molecule has 0 radical (unpaired) electrons. The number of hydrogen-bond donors (Lipinski definition) is 2. The van der Waals surface area contributed by atoms with Crippen molar-refractivity contribution < 1.29 is 28.6 Å². The smallest absolute Gasteiger partial charge is 0.465 e. The molecule has 0 amide bonds. The number of hydroxylamine groups is 1. The van der Waals surface area contributed by atoms with E-state index in [0.29, 0.717) is 34.8 Å². The second-order valence-corrected chi connectivity index (χ2v) is 8.14. The van der Waals surface area contributed by atoms with Crippen LogP contribution in [-0.2, 0) is 14.3 Å². The van der Waals surface area contributed by atoms with Gasteiger partial charge in [0.05, 0.1) is 42.6 Å². The Kier molecular flexibility index (Phi) is 7.91. The number of rotatable bonds is 7. The zero-order valence-corrected chi connectivity index (χ0v) is 21.5. The lowest BCUT2D eigenvalue weighted by Crippen LogP contribution is -2.28. The van der Waals surface area contributed by atoms with Crippen molar-refractivity contribution in [2.24, 2.45) is 0 Å². The first-order chi connectivity index (χ1) is 18.4. The van der Waals surface area contributed by atoms with E-state index in [2.05, 4.69) is 10.5 Å². The van der Waals surface area contributed by atoms with Gasteiger partial charge in [0.1, 0.15) is 0 Å². The number of nitrogens with one attached hydrogen (secondary N) is 2. The van der Waals surface area contributed by atoms with Crippen molar-refractivity contribution in [3.63, 3.8) is 0 Å². The van der Waals surface area contributed by atoms with Crippen LogP contribution in [0.3, 0.4) is 0 Å². The van der Waals surface area contributed by atoms with Crippen LogP contribution >= 0.6 is 0 Å². The number of carbonyl (C=O) groups excluding carboxylic acids is 2. The van der Waals surface area contributed by atoms with E-state index in [1.807, 2.05) is 56.3 Å². The van der Waals surface area contributed by atoms with Crippen LogP contribution in [0.4, 0.5) is 4.79 Å². The van der Waals surface area contributed by atoms with E-state index in [-0.39, 0.29) is 12.4 Å². The second-order valence-electron chi connectivity index (χ2n) is 8.14. The van der Waals surface area contributed by atoms with Crippen LogP contribution in [0.25, 0.3) is 27.8 Å². The van der Waals surface area contributed by atoms with E-state index in [9.17, 15) is 9.59 Å². The molecule has 0 saturated carbocycles. The maximum Gasteiger partial charge on any atom is 0.533 e. The molecule has 10 heteroatoms. The first-order valence-electron chi connectivity index (χ1n) is 12.0. The summed E-state index contributed by atoms with van der Waals surface area (Å²) >= 11 is 0. The van der Waals surface area contributed by atoms with Gasteiger partial charge in [0, 0.05) is 5.56 Å². The molecule has 0 spiro atoms. The van der Waals surface area contributed by atoms with Crippen LogP contribution in [0.1, 0.15) is 35.3 Å². The van der Waals surface area contributed by atoms with Gasteiger partial charge in [0.2, 0.25) is 0 Å². The minimum Gasteiger partial charge on any atom is -0.465 e. The van der Waals surface area contributed by atoms with Gasteiger partial charge < -0.3 is 19.0 Å². The monoisotopic (exact) mass is 516 g/mol.